The Balaban J connectivity index is 1.93. The van der Waals surface area contributed by atoms with E-state index in [2.05, 4.69) is 17.0 Å². The Morgan fingerprint density at radius 2 is 1.47 bits per heavy atom. The third-order valence-corrected chi connectivity index (χ3v) is 6.39. The predicted molar refractivity (Wildman–Crippen MR) is 139 cm³/mol. The summed E-state index contributed by atoms with van der Waals surface area (Å²) >= 11 is 1.70. The number of anilines is 1. The number of rotatable bonds is 11. The maximum Gasteiger partial charge on any atom is 0.303 e. The molecule has 0 N–H and O–H groups in total. The lowest BCUT2D eigenvalue weighted by Crippen LogP contribution is -2.38. The van der Waals surface area contributed by atoms with Crippen LogP contribution >= 0.6 is 11.8 Å². The molecule has 3 aromatic rings. The zero-order valence-corrected chi connectivity index (χ0v) is 20.8. The molecule has 0 saturated heterocycles. The highest BCUT2D eigenvalue weighted by Gasteiger charge is 2.30. The van der Waals surface area contributed by atoms with Crippen LogP contribution in [0.1, 0.15) is 30.6 Å². The molecular weight excluding hydrogens is 444 g/mol. The number of para-hydroxylation sites is 1. The average Bonchev–Trinajstić information content (AvgIpc) is 2.85. The summed E-state index contributed by atoms with van der Waals surface area (Å²) < 4.78 is 5.55. The first-order chi connectivity index (χ1) is 16.5. The zero-order chi connectivity index (χ0) is 24.3. The van der Waals surface area contributed by atoms with E-state index in [1.807, 2.05) is 86.9 Å². The van der Waals surface area contributed by atoms with E-state index in [0.29, 0.717) is 12.1 Å². The maximum atomic E-state index is 13.9. The van der Waals surface area contributed by atoms with E-state index < -0.39 is 12.1 Å². The number of hydrogen-bond donors (Lipinski definition) is 0. The molecule has 1 unspecified atom stereocenters. The number of ether oxygens (including phenoxy) is 1. The van der Waals surface area contributed by atoms with Crippen LogP contribution in [0.15, 0.2) is 89.8 Å². The fourth-order valence-corrected chi connectivity index (χ4v) is 4.64. The number of carbonyl (C=O) groups excluding carboxylic acids is 2. The highest BCUT2D eigenvalue weighted by atomic mass is 32.2. The van der Waals surface area contributed by atoms with Crippen molar-refractivity contribution in [2.24, 2.45) is 0 Å². The molecule has 0 aromatic heterocycles. The van der Waals surface area contributed by atoms with Crippen LogP contribution in [0.2, 0.25) is 0 Å². The van der Waals surface area contributed by atoms with E-state index in [9.17, 15) is 9.59 Å². The Morgan fingerprint density at radius 3 is 2.12 bits per heavy atom. The van der Waals surface area contributed by atoms with Gasteiger partial charge in [-0.3, -0.25) is 9.59 Å². The Bertz CT molecular complexity index is 1060. The molecule has 0 saturated carbocycles. The van der Waals surface area contributed by atoms with Crippen LogP contribution in [0.5, 0.6) is 0 Å². The van der Waals surface area contributed by atoms with Crippen molar-refractivity contribution in [2.45, 2.75) is 30.1 Å². The topological polar surface area (TPSA) is 49.9 Å². The van der Waals surface area contributed by atoms with Crippen LogP contribution < -0.4 is 4.90 Å². The summed E-state index contributed by atoms with van der Waals surface area (Å²) in [4.78, 5) is 30.7. The van der Waals surface area contributed by atoms with Gasteiger partial charge in [0, 0.05) is 29.7 Å². The van der Waals surface area contributed by atoms with Gasteiger partial charge in [-0.15, -0.1) is 11.8 Å². The molecule has 0 aliphatic rings. The standard InChI is InChI=1S/C28H32N2O3S/c1-22(31)33-27(24-15-8-5-9-16-24)28(32)30(20-12-19-29(2)3)25-17-10-11-18-26(25)34-21-23-13-6-4-7-14-23/h4-11,13-18,27H,12,19-21H2,1-3H3. The second kappa shape index (κ2) is 13.0. The van der Waals surface area contributed by atoms with Crippen LogP contribution in [0.25, 0.3) is 0 Å². The molecule has 1 amide bonds. The molecule has 0 spiro atoms. The quantitative estimate of drug-likeness (QED) is 0.268. The van der Waals surface area contributed by atoms with Crippen LogP contribution in [0, 0.1) is 0 Å². The zero-order valence-electron chi connectivity index (χ0n) is 20.0. The fraction of sp³-hybridized carbons (Fsp3) is 0.286. The highest BCUT2D eigenvalue weighted by molar-refractivity contribution is 7.98. The highest BCUT2D eigenvalue weighted by Crippen LogP contribution is 2.34. The molecule has 3 aromatic carbocycles. The number of carbonyl (C=O) groups is 2. The molecule has 3 rings (SSSR count). The Kier molecular flexibility index (Phi) is 9.74. The van der Waals surface area contributed by atoms with Crippen molar-refractivity contribution in [1.29, 1.82) is 0 Å². The minimum absolute atomic E-state index is 0.243. The van der Waals surface area contributed by atoms with E-state index in [-0.39, 0.29) is 5.91 Å². The molecule has 178 valence electrons. The van der Waals surface area contributed by atoms with Gasteiger partial charge in [-0.25, -0.2) is 0 Å². The van der Waals surface area contributed by atoms with Crippen molar-refractivity contribution in [3.63, 3.8) is 0 Å². The lowest BCUT2D eigenvalue weighted by atomic mass is 10.1. The number of esters is 1. The van der Waals surface area contributed by atoms with Crippen molar-refractivity contribution in [1.82, 2.24) is 4.90 Å². The van der Waals surface area contributed by atoms with Crippen LogP contribution in [0.3, 0.4) is 0 Å². The van der Waals surface area contributed by atoms with Crippen LogP contribution in [-0.2, 0) is 20.1 Å². The van der Waals surface area contributed by atoms with Gasteiger partial charge in [0.1, 0.15) is 0 Å². The van der Waals surface area contributed by atoms with Gasteiger partial charge in [-0.05, 0) is 44.8 Å². The van der Waals surface area contributed by atoms with E-state index >= 15 is 0 Å². The van der Waals surface area contributed by atoms with Crippen LogP contribution in [0.4, 0.5) is 5.69 Å². The Hall–Kier alpha value is -3.09. The summed E-state index contributed by atoms with van der Waals surface area (Å²) in [6.07, 6.45) is -0.205. The van der Waals surface area contributed by atoms with E-state index in [1.54, 1.807) is 16.7 Å². The predicted octanol–water partition coefficient (Wildman–Crippen LogP) is 5.57. The first kappa shape index (κ1) is 25.5. The molecule has 6 heteroatoms. The van der Waals surface area contributed by atoms with Gasteiger partial charge in [0.05, 0.1) is 5.69 Å². The van der Waals surface area contributed by atoms with Gasteiger partial charge in [-0.1, -0.05) is 72.8 Å². The van der Waals surface area contributed by atoms with Gasteiger partial charge in [0.15, 0.2) is 0 Å². The number of hydrogen-bond acceptors (Lipinski definition) is 5. The molecule has 34 heavy (non-hydrogen) atoms. The van der Waals surface area contributed by atoms with Gasteiger partial charge in [-0.2, -0.15) is 0 Å². The maximum absolute atomic E-state index is 13.9. The molecule has 5 nitrogen and oxygen atoms in total. The lowest BCUT2D eigenvalue weighted by Gasteiger charge is -2.29. The summed E-state index contributed by atoms with van der Waals surface area (Å²) in [5.74, 6) is 0.0685. The van der Waals surface area contributed by atoms with Crippen molar-refractivity contribution in [3.05, 3.63) is 96.1 Å². The monoisotopic (exact) mass is 476 g/mol. The first-order valence-electron chi connectivity index (χ1n) is 11.4. The smallest absolute Gasteiger partial charge is 0.303 e. The van der Waals surface area contributed by atoms with E-state index in [4.69, 9.17) is 4.74 Å². The van der Waals surface area contributed by atoms with Gasteiger partial charge in [0.25, 0.3) is 5.91 Å². The molecule has 1 atom stereocenters. The SMILES string of the molecule is CC(=O)OC(C(=O)N(CCCN(C)C)c1ccccc1SCc1ccccc1)c1ccccc1. The largest absolute Gasteiger partial charge is 0.447 e. The number of thioether (sulfide) groups is 1. The fourth-order valence-electron chi connectivity index (χ4n) is 3.63. The summed E-state index contributed by atoms with van der Waals surface area (Å²) in [7, 11) is 4.03. The van der Waals surface area contributed by atoms with Crippen LogP contribution in [-0.4, -0.2) is 44.0 Å². The number of benzene rings is 3. The minimum Gasteiger partial charge on any atom is -0.447 e. The third kappa shape index (κ3) is 7.47. The first-order valence-corrected chi connectivity index (χ1v) is 12.4. The van der Waals surface area contributed by atoms with Crippen molar-refractivity contribution >= 4 is 29.3 Å². The average molecular weight is 477 g/mol. The number of nitrogens with zero attached hydrogens (tertiary/aromatic N) is 2. The molecular formula is C28H32N2O3S. The number of amides is 1. The van der Waals surface area contributed by atoms with Crippen molar-refractivity contribution in [2.75, 3.05) is 32.1 Å². The lowest BCUT2D eigenvalue weighted by molar-refractivity contribution is -0.153. The Morgan fingerprint density at radius 1 is 0.853 bits per heavy atom. The van der Waals surface area contributed by atoms with E-state index in [1.165, 1.54) is 12.5 Å². The van der Waals surface area contributed by atoms with Crippen molar-refractivity contribution in [3.8, 4) is 0 Å². The van der Waals surface area contributed by atoms with Crippen molar-refractivity contribution < 1.29 is 14.3 Å². The Labute approximate surface area is 206 Å². The molecule has 0 bridgehead atoms. The molecule has 0 aliphatic heterocycles. The second-order valence-electron chi connectivity index (χ2n) is 8.29. The minimum atomic E-state index is -0.995. The molecule has 0 radical (unpaired) electrons. The van der Waals surface area contributed by atoms with Gasteiger partial charge in [0.2, 0.25) is 6.10 Å². The second-order valence-corrected chi connectivity index (χ2v) is 9.31. The van der Waals surface area contributed by atoms with Gasteiger partial charge < -0.3 is 14.5 Å². The third-order valence-electron chi connectivity index (χ3n) is 5.26. The summed E-state index contributed by atoms with van der Waals surface area (Å²) in [6.45, 7) is 2.69. The molecule has 0 heterocycles. The summed E-state index contributed by atoms with van der Waals surface area (Å²) in [5, 5.41) is 0. The van der Waals surface area contributed by atoms with Gasteiger partial charge >= 0.3 is 5.97 Å². The normalized spacial score (nSPS) is 11.8. The molecule has 0 aliphatic carbocycles. The summed E-state index contributed by atoms with van der Waals surface area (Å²) in [5.41, 5.74) is 2.71. The summed E-state index contributed by atoms with van der Waals surface area (Å²) in [6, 6.07) is 27.4. The molecule has 0 fully saturated rings. The van der Waals surface area contributed by atoms with E-state index in [0.717, 1.165) is 29.3 Å².